The van der Waals surface area contributed by atoms with Gasteiger partial charge in [-0.25, -0.2) is 0 Å². The van der Waals surface area contributed by atoms with Gasteiger partial charge in [-0.15, -0.1) is 0 Å². The number of rotatable bonds is 1. The summed E-state index contributed by atoms with van der Waals surface area (Å²) in [5.41, 5.74) is 1.43. The van der Waals surface area contributed by atoms with E-state index in [1.807, 2.05) is 31.2 Å². The second-order valence-corrected chi connectivity index (χ2v) is 3.54. The van der Waals surface area contributed by atoms with E-state index < -0.39 is 5.60 Å². The zero-order chi connectivity index (χ0) is 9.47. The number of carbonyl (C=O) groups is 1. The Kier molecular flexibility index (Phi) is 1.74. The van der Waals surface area contributed by atoms with E-state index in [4.69, 9.17) is 4.74 Å². The van der Waals surface area contributed by atoms with Crippen LogP contribution >= 0.6 is 0 Å². The van der Waals surface area contributed by atoms with Gasteiger partial charge in [0.05, 0.1) is 6.61 Å². The smallest absolute Gasteiger partial charge is 0.165 e. The molecule has 0 unspecified atom stereocenters. The third kappa shape index (κ3) is 1.10. The highest BCUT2D eigenvalue weighted by atomic mass is 16.5. The normalized spacial score (nSPS) is 25.7. The lowest BCUT2D eigenvalue weighted by molar-refractivity contribution is -0.139. The highest BCUT2D eigenvalue weighted by Crippen LogP contribution is 2.36. The van der Waals surface area contributed by atoms with Crippen LogP contribution in [-0.2, 0) is 21.7 Å². The molecule has 1 aliphatic rings. The first kappa shape index (κ1) is 8.45. The quantitative estimate of drug-likeness (QED) is 0.654. The van der Waals surface area contributed by atoms with Crippen LogP contribution < -0.4 is 0 Å². The number of ketones is 1. The van der Waals surface area contributed by atoms with Gasteiger partial charge in [-0.3, -0.25) is 4.79 Å². The van der Waals surface area contributed by atoms with Crippen molar-refractivity contribution >= 4 is 5.78 Å². The summed E-state index contributed by atoms with van der Waals surface area (Å²) in [5.74, 6) is 0.0671. The second-order valence-electron chi connectivity index (χ2n) is 3.54. The number of fused-ring (bicyclic) bond motifs is 1. The Morgan fingerprint density at radius 3 is 2.85 bits per heavy atom. The van der Waals surface area contributed by atoms with Crippen molar-refractivity contribution < 1.29 is 9.53 Å². The fourth-order valence-corrected chi connectivity index (χ4v) is 1.70. The van der Waals surface area contributed by atoms with Crippen molar-refractivity contribution in [3.63, 3.8) is 0 Å². The molecule has 2 nitrogen and oxygen atoms in total. The molecule has 13 heavy (non-hydrogen) atoms. The van der Waals surface area contributed by atoms with E-state index in [1.165, 1.54) is 0 Å². The minimum absolute atomic E-state index is 0.0671. The van der Waals surface area contributed by atoms with Gasteiger partial charge in [0.15, 0.2) is 5.78 Å². The summed E-state index contributed by atoms with van der Waals surface area (Å²) in [6, 6.07) is 7.87. The van der Waals surface area contributed by atoms with Gasteiger partial charge in [-0.2, -0.15) is 0 Å². The predicted octanol–water partition coefficient (Wildman–Crippen LogP) is 2.02. The van der Waals surface area contributed by atoms with Crippen LogP contribution in [0, 0.1) is 0 Å². The average Bonchev–Trinajstić information content (AvgIpc) is 2.47. The molecule has 0 saturated carbocycles. The highest BCUT2D eigenvalue weighted by Gasteiger charge is 2.39. The van der Waals surface area contributed by atoms with E-state index in [-0.39, 0.29) is 5.78 Å². The van der Waals surface area contributed by atoms with Gasteiger partial charge < -0.3 is 4.74 Å². The van der Waals surface area contributed by atoms with Crippen LogP contribution in [0.15, 0.2) is 24.3 Å². The van der Waals surface area contributed by atoms with Crippen LogP contribution in [-0.4, -0.2) is 5.78 Å². The summed E-state index contributed by atoms with van der Waals surface area (Å²) in [7, 11) is 0. The summed E-state index contributed by atoms with van der Waals surface area (Å²) in [6.07, 6.45) is 0. The van der Waals surface area contributed by atoms with Crippen molar-refractivity contribution in [3.8, 4) is 0 Å². The molecule has 0 aliphatic carbocycles. The maximum atomic E-state index is 11.4. The fourth-order valence-electron chi connectivity index (χ4n) is 1.70. The van der Waals surface area contributed by atoms with Crippen molar-refractivity contribution in [1.82, 2.24) is 0 Å². The third-order valence-electron chi connectivity index (χ3n) is 2.72. The van der Waals surface area contributed by atoms with Gasteiger partial charge in [0, 0.05) is 0 Å². The van der Waals surface area contributed by atoms with E-state index >= 15 is 0 Å². The minimum Gasteiger partial charge on any atom is -0.358 e. The maximum Gasteiger partial charge on any atom is 0.165 e. The Labute approximate surface area is 77.5 Å². The van der Waals surface area contributed by atoms with E-state index in [0.717, 1.165) is 11.1 Å². The second kappa shape index (κ2) is 2.67. The Hall–Kier alpha value is -1.15. The number of ether oxygens (including phenoxy) is 1. The molecule has 1 aliphatic heterocycles. The van der Waals surface area contributed by atoms with Gasteiger partial charge in [-0.05, 0) is 25.0 Å². The van der Waals surface area contributed by atoms with E-state index in [0.29, 0.717) is 6.61 Å². The van der Waals surface area contributed by atoms with Crippen LogP contribution in [0.5, 0.6) is 0 Å². The summed E-state index contributed by atoms with van der Waals surface area (Å²) in [4.78, 5) is 11.4. The molecule has 0 saturated heterocycles. The van der Waals surface area contributed by atoms with Gasteiger partial charge in [0.2, 0.25) is 0 Å². The summed E-state index contributed by atoms with van der Waals surface area (Å²) in [6.45, 7) is 3.95. The highest BCUT2D eigenvalue weighted by molar-refractivity contribution is 5.86. The molecule has 0 N–H and O–H groups in total. The van der Waals surface area contributed by atoms with Crippen molar-refractivity contribution in [2.24, 2.45) is 0 Å². The first-order chi connectivity index (χ1) is 6.14. The fraction of sp³-hybridized carbons (Fsp3) is 0.364. The molecule has 1 aromatic carbocycles. The molecular formula is C11H12O2. The van der Waals surface area contributed by atoms with Gasteiger partial charge in [0.1, 0.15) is 5.60 Å². The van der Waals surface area contributed by atoms with Crippen molar-refractivity contribution in [2.45, 2.75) is 26.1 Å². The molecule has 1 heterocycles. The molecule has 68 valence electrons. The molecule has 0 radical (unpaired) electrons. The number of Topliss-reactive ketones (excluding diaryl/α,β-unsaturated/α-hetero) is 1. The number of carbonyl (C=O) groups excluding carboxylic acids is 1. The molecule has 0 aromatic heterocycles. The Morgan fingerprint density at radius 2 is 2.15 bits per heavy atom. The summed E-state index contributed by atoms with van der Waals surface area (Å²) < 4.78 is 5.52. The van der Waals surface area contributed by atoms with Crippen molar-refractivity contribution in [2.75, 3.05) is 0 Å². The van der Waals surface area contributed by atoms with E-state index in [2.05, 4.69) is 0 Å². The molecule has 1 atom stereocenters. The van der Waals surface area contributed by atoms with Crippen LogP contribution in [0.25, 0.3) is 0 Å². The predicted molar refractivity (Wildman–Crippen MR) is 49.3 cm³/mol. The maximum absolute atomic E-state index is 11.4. The Bertz CT molecular complexity index is 357. The summed E-state index contributed by atoms with van der Waals surface area (Å²) in [5, 5.41) is 0. The molecule has 0 bridgehead atoms. The van der Waals surface area contributed by atoms with Crippen LogP contribution in [0.1, 0.15) is 25.0 Å². The van der Waals surface area contributed by atoms with Crippen molar-refractivity contribution in [3.05, 3.63) is 35.4 Å². The molecule has 0 amide bonds. The number of hydrogen-bond acceptors (Lipinski definition) is 2. The molecule has 0 fully saturated rings. The minimum atomic E-state index is -0.712. The van der Waals surface area contributed by atoms with Crippen LogP contribution in [0.2, 0.25) is 0 Å². The van der Waals surface area contributed by atoms with Gasteiger partial charge in [-0.1, -0.05) is 24.3 Å². The topological polar surface area (TPSA) is 26.3 Å². The molecular weight excluding hydrogens is 164 g/mol. The molecule has 0 spiro atoms. The van der Waals surface area contributed by atoms with E-state index in [9.17, 15) is 4.79 Å². The Morgan fingerprint density at radius 1 is 1.46 bits per heavy atom. The average molecular weight is 176 g/mol. The first-order valence-corrected chi connectivity index (χ1v) is 4.38. The van der Waals surface area contributed by atoms with Crippen LogP contribution in [0.4, 0.5) is 0 Å². The lowest BCUT2D eigenvalue weighted by Gasteiger charge is -2.20. The first-order valence-electron chi connectivity index (χ1n) is 4.38. The number of benzene rings is 1. The van der Waals surface area contributed by atoms with E-state index in [1.54, 1.807) is 6.92 Å². The zero-order valence-electron chi connectivity index (χ0n) is 7.83. The van der Waals surface area contributed by atoms with Crippen LogP contribution in [0.3, 0.4) is 0 Å². The largest absolute Gasteiger partial charge is 0.358 e. The SMILES string of the molecule is CC(=O)[C@@]1(C)OCc2ccccc21. The standard InChI is InChI=1S/C11H12O2/c1-8(12)11(2)10-6-4-3-5-9(10)7-13-11/h3-6H,7H2,1-2H3/t11-/m1/s1. The van der Waals surface area contributed by atoms with Crippen molar-refractivity contribution in [1.29, 1.82) is 0 Å². The third-order valence-corrected chi connectivity index (χ3v) is 2.72. The van der Waals surface area contributed by atoms with Gasteiger partial charge in [0.25, 0.3) is 0 Å². The summed E-state index contributed by atoms with van der Waals surface area (Å²) >= 11 is 0. The monoisotopic (exact) mass is 176 g/mol. The van der Waals surface area contributed by atoms with Gasteiger partial charge >= 0.3 is 0 Å². The molecule has 2 heteroatoms. The number of hydrogen-bond donors (Lipinski definition) is 0. The lowest BCUT2D eigenvalue weighted by atomic mass is 9.91. The Balaban J connectivity index is 2.55. The molecule has 1 aromatic rings. The molecule has 2 rings (SSSR count). The lowest BCUT2D eigenvalue weighted by Crippen LogP contribution is -2.29. The zero-order valence-corrected chi connectivity index (χ0v) is 7.83.